The predicted octanol–water partition coefficient (Wildman–Crippen LogP) is 2.96. The summed E-state index contributed by atoms with van der Waals surface area (Å²) in [5.41, 5.74) is 1.92. The van der Waals surface area contributed by atoms with Crippen molar-refractivity contribution in [1.29, 1.82) is 0 Å². The van der Waals surface area contributed by atoms with Gasteiger partial charge in [0.1, 0.15) is 5.75 Å². The first kappa shape index (κ1) is 14.4. The van der Waals surface area contributed by atoms with Gasteiger partial charge in [0.05, 0.1) is 23.5 Å². The third-order valence-electron chi connectivity index (χ3n) is 3.18. The molecule has 1 N–H and O–H groups in total. The van der Waals surface area contributed by atoms with Crippen molar-refractivity contribution in [3.63, 3.8) is 0 Å². The zero-order valence-electron chi connectivity index (χ0n) is 11.5. The average Bonchev–Trinajstić information content (AvgIpc) is 2.95. The first-order valence-electron chi connectivity index (χ1n) is 6.04. The van der Waals surface area contributed by atoms with E-state index in [9.17, 15) is 0 Å². The number of aromatic nitrogens is 2. The molecule has 0 aromatic carbocycles. The molecular weight excluding hydrogens is 282 g/mol. The SMILES string of the molecule is CNC(Cc1c(Cl)c(C)nn1C)c1cc(OC)cs1. The smallest absolute Gasteiger partial charge is 0.129 e. The number of thiophene rings is 1. The van der Waals surface area contributed by atoms with Crippen LogP contribution in [0.15, 0.2) is 11.4 Å². The van der Waals surface area contributed by atoms with E-state index in [0.717, 1.165) is 28.6 Å². The summed E-state index contributed by atoms with van der Waals surface area (Å²) in [6.07, 6.45) is 0.802. The van der Waals surface area contributed by atoms with Gasteiger partial charge in [-0.15, -0.1) is 11.3 Å². The van der Waals surface area contributed by atoms with E-state index in [1.807, 2.05) is 31.1 Å². The fraction of sp³-hybridized carbons (Fsp3) is 0.462. The van der Waals surface area contributed by atoms with Gasteiger partial charge in [-0.05, 0) is 20.0 Å². The molecule has 0 saturated carbocycles. The topological polar surface area (TPSA) is 39.1 Å². The van der Waals surface area contributed by atoms with E-state index in [4.69, 9.17) is 16.3 Å². The van der Waals surface area contributed by atoms with Crippen molar-refractivity contribution in [2.45, 2.75) is 19.4 Å². The molecule has 0 aliphatic carbocycles. The molecule has 2 aromatic rings. The second-order valence-corrected chi connectivity index (χ2v) is 5.72. The van der Waals surface area contributed by atoms with E-state index in [1.54, 1.807) is 18.4 Å². The molecule has 0 radical (unpaired) electrons. The van der Waals surface area contributed by atoms with Gasteiger partial charge >= 0.3 is 0 Å². The van der Waals surface area contributed by atoms with Gasteiger partial charge in [0.25, 0.3) is 0 Å². The summed E-state index contributed by atoms with van der Waals surface area (Å²) < 4.78 is 7.08. The van der Waals surface area contributed by atoms with Gasteiger partial charge in [0.15, 0.2) is 0 Å². The predicted molar refractivity (Wildman–Crippen MR) is 79.3 cm³/mol. The summed E-state index contributed by atoms with van der Waals surface area (Å²) in [7, 11) is 5.56. The van der Waals surface area contributed by atoms with Crippen molar-refractivity contribution in [2.75, 3.05) is 14.2 Å². The maximum Gasteiger partial charge on any atom is 0.129 e. The highest BCUT2D eigenvalue weighted by atomic mass is 35.5. The van der Waals surface area contributed by atoms with Crippen LogP contribution in [0.2, 0.25) is 5.02 Å². The maximum atomic E-state index is 6.30. The molecule has 0 fully saturated rings. The number of hydrogen-bond acceptors (Lipinski definition) is 4. The molecule has 4 nitrogen and oxygen atoms in total. The first-order valence-corrected chi connectivity index (χ1v) is 7.30. The Morgan fingerprint density at radius 3 is 2.79 bits per heavy atom. The zero-order chi connectivity index (χ0) is 14.0. The molecule has 6 heteroatoms. The highest BCUT2D eigenvalue weighted by Crippen LogP contribution is 2.31. The number of methoxy groups -OCH3 is 1. The Kier molecular flexibility index (Phi) is 4.50. The van der Waals surface area contributed by atoms with Crippen LogP contribution in [-0.2, 0) is 13.5 Å². The highest BCUT2D eigenvalue weighted by Gasteiger charge is 2.18. The fourth-order valence-electron chi connectivity index (χ4n) is 2.06. The quantitative estimate of drug-likeness (QED) is 0.922. The van der Waals surface area contributed by atoms with Crippen molar-refractivity contribution in [2.24, 2.45) is 7.05 Å². The van der Waals surface area contributed by atoms with E-state index in [0.29, 0.717) is 0 Å². The van der Waals surface area contributed by atoms with Crippen LogP contribution in [0.4, 0.5) is 0 Å². The van der Waals surface area contributed by atoms with Crippen molar-refractivity contribution < 1.29 is 4.74 Å². The number of hydrogen-bond donors (Lipinski definition) is 1. The Morgan fingerprint density at radius 2 is 2.32 bits per heavy atom. The Morgan fingerprint density at radius 1 is 1.58 bits per heavy atom. The van der Waals surface area contributed by atoms with Crippen molar-refractivity contribution >= 4 is 22.9 Å². The standard InChI is InChI=1S/C13H18ClN3OS/c1-8-13(14)11(17(3)16-8)6-10(15-2)12-5-9(18-4)7-19-12/h5,7,10,15H,6H2,1-4H3. The number of rotatable bonds is 5. The summed E-state index contributed by atoms with van der Waals surface area (Å²) in [6, 6.07) is 2.27. The van der Waals surface area contributed by atoms with Crippen molar-refractivity contribution in [1.82, 2.24) is 15.1 Å². The van der Waals surface area contributed by atoms with Crippen molar-refractivity contribution in [3.8, 4) is 5.75 Å². The van der Waals surface area contributed by atoms with Crippen LogP contribution in [0.5, 0.6) is 5.75 Å². The van der Waals surface area contributed by atoms with Gasteiger partial charge in [-0.1, -0.05) is 11.6 Å². The van der Waals surface area contributed by atoms with Gasteiger partial charge in [-0.25, -0.2) is 0 Å². The van der Waals surface area contributed by atoms with E-state index in [-0.39, 0.29) is 6.04 Å². The molecule has 0 aliphatic heterocycles. The molecule has 19 heavy (non-hydrogen) atoms. The van der Waals surface area contributed by atoms with E-state index < -0.39 is 0 Å². The number of aryl methyl sites for hydroxylation is 2. The largest absolute Gasteiger partial charge is 0.496 e. The number of nitrogens with one attached hydrogen (secondary N) is 1. The number of nitrogens with zero attached hydrogens (tertiary/aromatic N) is 2. The van der Waals surface area contributed by atoms with Crippen LogP contribution >= 0.6 is 22.9 Å². The number of ether oxygens (including phenoxy) is 1. The minimum Gasteiger partial charge on any atom is -0.496 e. The third kappa shape index (κ3) is 2.94. The Bertz CT molecular complexity index is 564. The highest BCUT2D eigenvalue weighted by molar-refractivity contribution is 7.10. The number of likely N-dealkylation sites (N-methyl/N-ethyl adjacent to an activating group) is 1. The lowest BCUT2D eigenvalue weighted by Crippen LogP contribution is -2.19. The minimum absolute atomic E-state index is 0.209. The van der Waals surface area contributed by atoms with E-state index in [2.05, 4.69) is 16.5 Å². The molecule has 1 atom stereocenters. The summed E-state index contributed by atoms with van der Waals surface area (Å²) in [5.74, 6) is 0.896. The monoisotopic (exact) mass is 299 g/mol. The minimum atomic E-state index is 0.209. The maximum absolute atomic E-state index is 6.30. The third-order valence-corrected chi connectivity index (χ3v) is 4.70. The lowest BCUT2D eigenvalue weighted by atomic mass is 10.1. The fourth-order valence-corrected chi connectivity index (χ4v) is 3.27. The summed E-state index contributed by atoms with van der Waals surface area (Å²) >= 11 is 7.99. The van der Waals surface area contributed by atoms with Gasteiger partial charge in [-0.2, -0.15) is 5.10 Å². The summed E-state index contributed by atoms with van der Waals surface area (Å²) in [6.45, 7) is 1.92. The number of halogens is 1. The molecule has 2 heterocycles. The van der Waals surface area contributed by atoms with Crippen LogP contribution in [0.25, 0.3) is 0 Å². The lowest BCUT2D eigenvalue weighted by molar-refractivity contribution is 0.416. The summed E-state index contributed by atoms with van der Waals surface area (Å²) in [4.78, 5) is 1.23. The Labute approximate surface area is 122 Å². The average molecular weight is 300 g/mol. The van der Waals surface area contributed by atoms with Crippen molar-refractivity contribution in [3.05, 3.63) is 32.7 Å². The molecule has 104 valence electrons. The molecule has 0 aliphatic rings. The molecule has 0 spiro atoms. The second-order valence-electron chi connectivity index (χ2n) is 4.40. The van der Waals surface area contributed by atoms with Gasteiger partial charge in [0.2, 0.25) is 0 Å². The first-order chi connectivity index (χ1) is 9.06. The Hall–Kier alpha value is -1.04. The lowest BCUT2D eigenvalue weighted by Gasteiger charge is -2.14. The molecular formula is C13H18ClN3OS. The molecule has 1 unspecified atom stereocenters. The molecule has 2 rings (SSSR count). The van der Waals surface area contributed by atoms with Gasteiger partial charge in [-0.3, -0.25) is 4.68 Å². The molecule has 2 aromatic heterocycles. The normalized spacial score (nSPS) is 12.7. The van der Waals surface area contributed by atoms with E-state index >= 15 is 0 Å². The molecule has 0 bridgehead atoms. The van der Waals surface area contributed by atoms with Crippen LogP contribution in [0.3, 0.4) is 0 Å². The van der Waals surface area contributed by atoms with Crippen LogP contribution < -0.4 is 10.1 Å². The second kappa shape index (κ2) is 5.94. The Balaban J connectivity index is 2.23. The molecule has 0 amide bonds. The summed E-state index contributed by atoms with van der Waals surface area (Å²) in [5, 5.41) is 10.4. The van der Waals surface area contributed by atoms with Crippen LogP contribution in [0, 0.1) is 6.92 Å². The molecule has 0 saturated heterocycles. The van der Waals surface area contributed by atoms with Gasteiger partial charge in [0, 0.05) is 29.8 Å². The van der Waals surface area contributed by atoms with E-state index in [1.165, 1.54) is 4.88 Å². The van der Waals surface area contributed by atoms with Crippen LogP contribution in [0.1, 0.15) is 22.3 Å². The van der Waals surface area contributed by atoms with Crippen LogP contribution in [-0.4, -0.2) is 23.9 Å². The van der Waals surface area contributed by atoms with Gasteiger partial charge < -0.3 is 10.1 Å². The zero-order valence-corrected chi connectivity index (χ0v) is 13.1.